The fraction of sp³-hybridized carbons (Fsp3) is 0.350. The predicted molar refractivity (Wildman–Crippen MR) is 98.6 cm³/mol. The van der Waals surface area contributed by atoms with Crippen LogP contribution < -0.4 is 10.5 Å². The van der Waals surface area contributed by atoms with E-state index in [-0.39, 0.29) is 5.91 Å². The maximum Gasteiger partial charge on any atom is 0.248 e. The number of piperazine rings is 1. The van der Waals surface area contributed by atoms with Gasteiger partial charge < -0.3 is 10.5 Å². The largest absolute Gasteiger partial charge is 0.492 e. The van der Waals surface area contributed by atoms with Crippen LogP contribution in [-0.2, 0) is 6.54 Å². The van der Waals surface area contributed by atoms with Crippen LogP contribution in [0.5, 0.6) is 5.75 Å². The van der Waals surface area contributed by atoms with Gasteiger partial charge >= 0.3 is 0 Å². The molecular formula is C20H25N3O2. The molecule has 0 aromatic heterocycles. The number of hydrogen-bond acceptors (Lipinski definition) is 4. The lowest BCUT2D eigenvalue weighted by Gasteiger charge is -2.34. The summed E-state index contributed by atoms with van der Waals surface area (Å²) < 4.78 is 5.77. The van der Waals surface area contributed by atoms with E-state index in [0.717, 1.165) is 51.6 Å². The highest BCUT2D eigenvalue weighted by Gasteiger charge is 2.16. The highest BCUT2D eigenvalue weighted by Crippen LogP contribution is 2.11. The third kappa shape index (κ3) is 5.31. The Morgan fingerprint density at radius 1 is 0.920 bits per heavy atom. The molecule has 2 N–H and O–H groups in total. The van der Waals surface area contributed by atoms with Crippen molar-refractivity contribution in [3.05, 3.63) is 65.7 Å². The molecule has 2 aromatic rings. The molecule has 0 unspecified atom stereocenters. The number of hydrogen-bond donors (Lipinski definition) is 1. The summed E-state index contributed by atoms with van der Waals surface area (Å²) in [5.74, 6) is 0.554. The molecule has 1 aliphatic rings. The van der Waals surface area contributed by atoms with E-state index in [9.17, 15) is 4.79 Å². The maximum absolute atomic E-state index is 11.1. The highest BCUT2D eigenvalue weighted by molar-refractivity contribution is 5.92. The molecule has 0 aliphatic carbocycles. The normalized spacial score (nSPS) is 15.8. The first kappa shape index (κ1) is 17.5. The van der Waals surface area contributed by atoms with E-state index in [2.05, 4.69) is 9.80 Å². The molecule has 1 fully saturated rings. The Morgan fingerprint density at radius 3 is 2.20 bits per heavy atom. The van der Waals surface area contributed by atoms with E-state index >= 15 is 0 Å². The lowest BCUT2D eigenvalue weighted by molar-refractivity contribution is 0.1000. The number of ether oxygens (including phenoxy) is 1. The molecule has 0 radical (unpaired) electrons. The number of nitrogens with zero attached hydrogens (tertiary/aromatic N) is 2. The fourth-order valence-corrected chi connectivity index (χ4v) is 3.01. The Morgan fingerprint density at radius 2 is 1.56 bits per heavy atom. The third-order valence-electron chi connectivity index (χ3n) is 4.53. The van der Waals surface area contributed by atoms with Crippen molar-refractivity contribution in [2.75, 3.05) is 39.3 Å². The van der Waals surface area contributed by atoms with Crippen molar-refractivity contribution in [1.29, 1.82) is 0 Å². The van der Waals surface area contributed by atoms with Crippen LogP contribution in [0.1, 0.15) is 15.9 Å². The van der Waals surface area contributed by atoms with Gasteiger partial charge in [0, 0.05) is 44.8 Å². The molecule has 1 saturated heterocycles. The Balaban J connectivity index is 1.37. The van der Waals surface area contributed by atoms with Gasteiger partial charge in [0.25, 0.3) is 0 Å². The van der Waals surface area contributed by atoms with Gasteiger partial charge in [0.05, 0.1) is 0 Å². The number of benzene rings is 2. The average molecular weight is 339 g/mol. The van der Waals surface area contributed by atoms with Gasteiger partial charge in [0.2, 0.25) is 5.91 Å². The summed E-state index contributed by atoms with van der Waals surface area (Å²) in [4.78, 5) is 16.0. The number of carbonyl (C=O) groups excluding carboxylic acids is 1. The van der Waals surface area contributed by atoms with E-state index in [1.54, 1.807) is 12.1 Å². The minimum absolute atomic E-state index is 0.377. The first-order chi connectivity index (χ1) is 12.2. The van der Waals surface area contributed by atoms with Gasteiger partial charge in [0.15, 0.2) is 0 Å². The van der Waals surface area contributed by atoms with Crippen molar-refractivity contribution in [2.24, 2.45) is 5.73 Å². The summed E-state index contributed by atoms with van der Waals surface area (Å²) in [5, 5.41) is 0. The number of primary amides is 1. The molecule has 0 saturated carbocycles. The molecule has 5 nitrogen and oxygen atoms in total. The van der Waals surface area contributed by atoms with Crippen molar-refractivity contribution in [3.8, 4) is 5.75 Å². The smallest absolute Gasteiger partial charge is 0.248 e. The number of carbonyl (C=O) groups is 1. The van der Waals surface area contributed by atoms with E-state index in [0.29, 0.717) is 5.56 Å². The second-order valence-corrected chi connectivity index (χ2v) is 6.34. The molecular weight excluding hydrogens is 314 g/mol. The minimum Gasteiger partial charge on any atom is -0.492 e. The first-order valence-corrected chi connectivity index (χ1v) is 8.72. The standard InChI is InChI=1S/C20H25N3O2/c21-20(24)18-8-6-17(7-9-18)16-23-12-10-22(11-13-23)14-15-25-19-4-2-1-3-5-19/h1-9H,10-16H2,(H2,21,24). The number of amides is 1. The summed E-state index contributed by atoms with van der Waals surface area (Å²) >= 11 is 0. The Hall–Kier alpha value is -2.37. The molecule has 0 atom stereocenters. The molecule has 5 heteroatoms. The van der Waals surface area contributed by atoms with Crippen molar-refractivity contribution in [1.82, 2.24) is 9.80 Å². The zero-order chi connectivity index (χ0) is 17.5. The van der Waals surface area contributed by atoms with Crippen LogP contribution in [0.25, 0.3) is 0 Å². The van der Waals surface area contributed by atoms with Gasteiger partial charge in [-0.1, -0.05) is 30.3 Å². The van der Waals surface area contributed by atoms with Crippen LogP contribution in [0.3, 0.4) is 0 Å². The SMILES string of the molecule is NC(=O)c1ccc(CN2CCN(CCOc3ccccc3)CC2)cc1. The Kier molecular flexibility index (Phi) is 6.04. The molecule has 2 aromatic carbocycles. The van der Waals surface area contributed by atoms with Crippen LogP contribution in [-0.4, -0.2) is 55.0 Å². The summed E-state index contributed by atoms with van der Waals surface area (Å²) in [6.45, 7) is 6.78. The molecule has 1 amide bonds. The summed E-state index contributed by atoms with van der Waals surface area (Å²) in [7, 11) is 0. The van der Waals surface area contributed by atoms with Crippen LogP contribution in [0.4, 0.5) is 0 Å². The summed E-state index contributed by atoms with van der Waals surface area (Å²) in [6, 6.07) is 17.5. The van der Waals surface area contributed by atoms with Crippen LogP contribution in [0.15, 0.2) is 54.6 Å². The predicted octanol–water partition coefficient (Wildman–Crippen LogP) is 1.98. The van der Waals surface area contributed by atoms with Crippen LogP contribution in [0.2, 0.25) is 0 Å². The summed E-state index contributed by atoms with van der Waals surface area (Å²) in [6.07, 6.45) is 0. The van der Waals surface area contributed by atoms with E-state index in [1.165, 1.54) is 5.56 Å². The molecule has 1 heterocycles. The molecule has 1 aliphatic heterocycles. The van der Waals surface area contributed by atoms with Gasteiger partial charge in [0.1, 0.15) is 12.4 Å². The zero-order valence-corrected chi connectivity index (χ0v) is 14.4. The maximum atomic E-state index is 11.1. The molecule has 25 heavy (non-hydrogen) atoms. The van der Waals surface area contributed by atoms with Crippen molar-refractivity contribution in [3.63, 3.8) is 0 Å². The molecule has 0 bridgehead atoms. The topological polar surface area (TPSA) is 58.8 Å². The minimum atomic E-state index is -0.377. The quantitative estimate of drug-likeness (QED) is 0.838. The first-order valence-electron chi connectivity index (χ1n) is 8.72. The van der Waals surface area contributed by atoms with Gasteiger partial charge in [-0.2, -0.15) is 0 Å². The second kappa shape index (κ2) is 8.65. The fourth-order valence-electron chi connectivity index (χ4n) is 3.01. The number of nitrogens with two attached hydrogens (primary N) is 1. The number of rotatable bonds is 7. The monoisotopic (exact) mass is 339 g/mol. The number of para-hydroxylation sites is 1. The zero-order valence-electron chi connectivity index (χ0n) is 14.4. The Bertz CT molecular complexity index is 665. The Labute approximate surface area is 149 Å². The summed E-state index contributed by atoms with van der Waals surface area (Å²) in [5.41, 5.74) is 7.05. The van der Waals surface area contributed by atoms with Crippen molar-refractivity contribution >= 4 is 5.91 Å². The van der Waals surface area contributed by atoms with E-state index in [4.69, 9.17) is 10.5 Å². The lowest BCUT2D eigenvalue weighted by Crippen LogP contribution is -2.47. The van der Waals surface area contributed by atoms with Crippen LogP contribution >= 0.6 is 0 Å². The highest BCUT2D eigenvalue weighted by atomic mass is 16.5. The van der Waals surface area contributed by atoms with Crippen molar-refractivity contribution in [2.45, 2.75) is 6.54 Å². The van der Waals surface area contributed by atoms with E-state index < -0.39 is 0 Å². The lowest BCUT2D eigenvalue weighted by atomic mass is 10.1. The van der Waals surface area contributed by atoms with Gasteiger partial charge in [-0.3, -0.25) is 14.6 Å². The van der Waals surface area contributed by atoms with Gasteiger partial charge in [-0.05, 0) is 29.8 Å². The van der Waals surface area contributed by atoms with Crippen LogP contribution in [0, 0.1) is 0 Å². The van der Waals surface area contributed by atoms with E-state index in [1.807, 2.05) is 42.5 Å². The van der Waals surface area contributed by atoms with Gasteiger partial charge in [-0.25, -0.2) is 0 Å². The van der Waals surface area contributed by atoms with Gasteiger partial charge in [-0.15, -0.1) is 0 Å². The average Bonchev–Trinajstić information content (AvgIpc) is 2.64. The second-order valence-electron chi connectivity index (χ2n) is 6.34. The van der Waals surface area contributed by atoms with Crippen molar-refractivity contribution < 1.29 is 9.53 Å². The molecule has 0 spiro atoms. The molecule has 132 valence electrons. The third-order valence-corrected chi connectivity index (χ3v) is 4.53. The molecule has 3 rings (SSSR count).